The zero-order valence-corrected chi connectivity index (χ0v) is 7.62. The predicted octanol–water partition coefficient (Wildman–Crippen LogP) is 1.15. The monoisotopic (exact) mass is 230 g/mol. The van der Waals surface area contributed by atoms with E-state index in [2.05, 4.69) is 21.0 Å². The first-order valence-electron chi connectivity index (χ1n) is 3.10. The number of halogens is 1. The molecular formula is C7H7BrN2O2. The molecule has 0 amide bonds. The number of aromatic hydroxyl groups is 2. The Labute approximate surface area is 77.5 Å². The van der Waals surface area contributed by atoms with Gasteiger partial charge in [0.1, 0.15) is 11.5 Å². The molecular weight excluding hydrogens is 224 g/mol. The second-order valence-corrected chi connectivity index (χ2v) is 2.90. The van der Waals surface area contributed by atoms with Crippen LogP contribution in [-0.2, 0) is 0 Å². The highest BCUT2D eigenvalue weighted by Gasteiger charge is 2.07. The minimum atomic E-state index is 0.00822. The van der Waals surface area contributed by atoms with E-state index in [1.165, 1.54) is 18.3 Å². The molecule has 0 unspecified atom stereocenters. The van der Waals surface area contributed by atoms with Gasteiger partial charge in [-0.25, -0.2) is 0 Å². The molecule has 1 aromatic carbocycles. The third-order valence-electron chi connectivity index (χ3n) is 1.34. The van der Waals surface area contributed by atoms with Gasteiger partial charge in [0.05, 0.1) is 16.3 Å². The fraction of sp³-hybridized carbons (Fsp3) is 0. The number of nitrogens with two attached hydrogens (primary N) is 1. The summed E-state index contributed by atoms with van der Waals surface area (Å²) < 4.78 is 0.372. The second-order valence-electron chi connectivity index (χ2n) is 2.11. The Kier molecular flexibility index (Phi) is 2.54. The lowest BCUT2D eigenvalue weighted by Crippen LogP contribution is -1.89. The molecule has 4 nitrogen and oxygen atoms in total. The van der Waals surface area contributed by atoms with Crippen molar-refractivity contribution < 1.29 is 10.2 Å². The average Bonchev–Trinajstić information content (AvgIpc) is 2.06. The van der Waals surface area contributed by atoms with Crippen LogP contribution in [0.1, 0.15) is 5.56 Å². The van der Waals surface area contributed by atoms with Crippen LogP contribution in [-0.4, -0.2) is 16.4 Å². The van der Waals surface area contributed by atoms with Gasteiger partial charge >= 0.3 is 0 Å². The van der Waals surface area contributed by atoms with Crippen molar-refractivity contribution in [1.82, 2.24) is 0 Å². The van der Waals surface area contributed by atoms with E-state index < -0.39 is 0 Å². The molecule has 0 bridgehead atoms. The Morgan fingerprint density at radius 2 is 1.92 bits per heavy atom. The van der Waals surface area contributed by atoms with Crippen molar-refractivity contribution in [2.75, 3.05) is 0 Å². The van der Waals surface area contributed by atoms with Crippen LogP contribution < -0.4 is 5.84 Å². The summed E-state index contributed by atoms with van der Waals surface area (Å²) in [4.78, 5) is 0. The maximum absolute atomic E-state index is 9.26. The summed E-state index contributed by atoms with van der Waals surface area (Å²) in [6.45, 7) is 0. The number of hydrazone groups is 1. The summed E-state index contributed by atoms with van der Waals surface area (Å²) in [5.41, 5.74) is 0.359. The van der Waals surface area contributed by atoms with E-state index in [1.54, 1.807) is 0 Å². The van der Waals surface area contributed by atoms with Gasteiger partial charge in [0.15, 0.2) is 0 Å². The highest BCUT2D eigenvalue weighted by atomic mass is 79.9. The van der Waals surface area contributed by atoms with Crippen molar-refractivity contribution in [1.29, 1.82) is 0 Å². The van der Waals surface area contributed by atoms with E-state index in [-0.39, 0.29) is 11.5 Å². The molecule has 4 N–H and O–H groups in total. The van der Waals surface area contributed by atoms with Crippen LogP contribution in [0.15, 0.2) is 21.7 Å². The number of phenolic OH excluding ortho intramolecular Hbond substituents is 2. The summed E-state index contributed by atoms with van der Waals surface area (Å²) in [5.74, 6) is 4.94. The van der Waals surface area contributed by atoms with Gasteiger partial charge in [0.25, 0.3) is 0 Å². The number of rotatable bonds is 1. The molecule has 1 aromatic rings. The van der Waals surface area contributed by atoms with Crippen molar-refractivity contribution in [2.45, 2.75) is 0 Å². The number of nitrogens with zero attached hydrogens (tertiary/aromatic N) is 1. The first-order chi connectivity index (χ1) is 5.66. The minimum Gasteiger partial charge on any atom is -0.507 e. The molecule has 0 saturated heterocycles. The molecule has 0 aliphatic carbocycles. The van der Waals surface area contributed by atoms with Gasteiger partial charge in [-0.05, 0) is 28.1 Å². The Morgan fingerprint density at radius 1 is 1.33 bits per heavy atom. The van der Waals surface area contributed by atoms with Crippen LogP contribution >= 0.6 is 15.9 Å². The summed E-state index contributed by atoms with van der Waals surface area (Å²) in [7, 11) is 0. The number of hydrogen-bond acceptors (Lipinski definition) is 4. The molecule has 0 spiro atoms. The molecule has 0 aliphatic rings. The molecule has 0 heterocycles. The average molecular weight is 231 g/mol. The largest absolute Gasteiger partial charge is 0.507 e. The highest BCUT2D eigenvalue weighted by molar-refractivity contribution is 9.10. The van der Waals surface area contributed by atoms with Crippen LogP contribution in [0, 0.1) is 0 Å². The van der Waals surface area contributed by atoms with E-state index >= 15 is 0 Å². The van der Waals surface area contributed by atoms with Crippen molar-refractivity contribution in [3.05, 3.63) is 22.2 Å². The molecule has 0 aliphatic heterocycles. The zero-order chi connectivity index (χ0) is 9.14. The van der Waals surface area contributed by atoms with Crippen LogP contribution in [0.25, 0.3) is 0 Å². The maximum Gasteiger partial charge on any atom is 0.130 e. The summed E-state index contributed by atoms with van der Waals surface area (Å²) in [6.07, 6.45) is 1.25. The van der Waals surface area contributed by atoms with Gasteiger partial charge in [-0.3, -0.25) is 0 Å². The molecule has 0 aromatic heterocycles. The van der Waals surface area contributed by atoms with E-state index in [9.17, 15) is 10.2 Å². The van der Waals surface area contributed by atoms with E-state index in [4.69, 9.17) is 5.84 Å². The Hall–Kier alpha value is -1.23. The van der Waals surface area contributed by atoms with Gasteiger partial charge in [-0.15, -0.1) is 0 Å². The number of benzene rings is 1. The van der Waals surface area contributed by atoms with Crippen LogP contribution in [0.4, 0.5) is 0 Å². The fourth-order valence-corrected chi connectivity index (χ4v) is 1.21. The van der Waals surface area contributed by atoms with E-state index in [0.717, 1.165) is 0 Å². The van der Waals surface area contributed by atoms with Gasteiger partial charge < -0.3 is 16.1 Å². The highest BCUT2D eigenvalue weighted by Crippen LogP contribution is 2.32. The summed E-state index contributed by atoms with van der Waals surface area (Å²) in [5, 5.41) is 21.7. The molecule has 5 heteroatoms. The Morgan fingerprint density at radius 3 is 2.50 bits per heavy atom. The number of hydrogen-bond donors (Lipinski definition) is 3. The first-order valence-corrected chi connectivity index (χ1v) is 3.89. The van der Waals surface area contributed by atoms with Gasteiger partial charge in [0.2, 0.25) is 0 Å². The lowest BCUT2D eigenvalue weighted by molar-refractivity contribution is 0.456. The lowest BCUT2D eigenvalue weighted by Gasteiger charge is -2.02. The van der Waals surface area contributed by atoms with Gasteiger partial charge in [-0.1, -0.05) is 0 Å². The standard InChI is InChI=1S/C7H7BrN2O2/c8-7-4(3-10-9)5(11)1-2-6(7)12/h1-3,11-12H,9H2. The quantitative estimate of drug-likeness (QED) is 0.293. The van der Waals surface area contributed by atoms with Crippen LogP contribution in [0.3, 0.4) is 0 Å². The lowest BCUT2D eigenvalue weighted by atomic mass is 10.2. The Bertz CT molecular complexity index is 325. The predicted molar refractivity (Wildman–Crippen MR) is 49.3 cm³/mol. The fourth-order valence-electron chi connectivity index (χ4n) is 0.769. The van der Waals surface area contributed by atoms with E-state index in [0.29, 0.717) is 10.0 Å². The molecule has 0 fully saturated rings. The molecule has 64 valence electrons. The minimum absolute atomic E-state index is 0.00822. The van der Waals surface area contributed by atoms with Crippen molar-refractivity contribution in [3.8, 4) is 11.5 Å². The molecule has 0 atom stereocenters. The molecule has 1 rings (SSSR count). The third-order valence-corrected chi connectivity index (χ3v) is 2.17. The van der Waals surface area contributed by atoms with Crippen LogP contribution in [0.5, 0.6) is 11.5 Å². The SMILES string of the molecule is NN=Cc1c(O)ccc(O)c1Br. The normalized spacial score (nSPS) is 10.8. The first kappa shape index (κ1) is 8.86. The third kappa shape index (κ3) is 1.50. The Balaban J connectivity index is 3.32. The molecule has 0 saturated carbocycles. The summed E-state index contributed by atoms with van der Waals surface area (Å²) in [6, 6.07) is 2.73. The number of phenols is 2. The zero-order valence-electron chi connectivity index (χ0n) is 6.03. The maximum atomic E-state index is 9.26. The van der Waals surface area contributed by atoms with Crippen molar-refractivity contribution in [3.63, 3.8) is 0 Å². The second kappa shape index (κ2) is 3.44. The van der Waals surface area contributed by atoms with Crippen molar-refractivity contribution >= 4 is 22.1 Å². The van der Waals surface area contributed by atoms with Gasteiger partial charge in [-0.2, -0.15) is 5.10 Å². The smallest absolute Gasteiger partial charge is 0.130 e. The molecule has 0 radical (unpaired) electrons. The van der Waals surface area contributed by atoms with Crippen LogP contribution in [0.2, 0.25) is 0 Å². The van der Waals surface area contributed by atoms with Gasteiger partial charge in [0, 0.05) is 0 Å². The van der Waals surface area contributed by atoms with Crippen molar-refractivity contribution in [2.24, 2.45) is 10.9 Å². The molecule has 12 heavy (non-hydrogen) atoms. The summed E-state index contributed by atoms with van der Waals surface area (Å²) >= 11 is 3.08. The van der Waals surface area contributed by atoms with E-state index in [1.807, 2.05) is 0 Å². The topological polar surface area (TPSA) is 78.8 Å².